The molecule has 0 unspecified atom stereocenters. The van der Waals surface area contributed by atoms with Crippen molar-refractivity contribution in [2.45, 2.75) is 57.3 Å². The van der Waals surface area contributed by atoms with E-state index in [1.165, 1.54) is 5.56 Å². The lowest BCUT2D eigenvalue weighted by molar-refractivity contribution is -0.136. The van der Waals surface area contributed by atoms with Crippen LogP contribution in [0, 0.1) is 6.92 Å². The Morgan fingerprint density at radius 3 is 2.21 bits per heavy atom. The first-order valence-corrected chi connectivity index (χ1v) is 12.0. The molecule has 1 fully saturated rings. The van der Waals surface area contributed by atoms with Gasteiger partial charge in [0, 0.05) is 17.8 Å². The molecule has 0 radical (unpaired) electrons. The zero-order valence-electron chi connectivity index (χ0n) is 19.6. The standard InChI is InChI=1S/C29H32N2O3/c1-20-7-15-25(16-8-20)30-29(34)31-27-19-21(10-18-28(32)33)9-17-26(27)24-13-11-23(12-14-24)22-5-3-2-4-6-22/h2-9,15-17,19,23-24H,10-14,18H2,1H3,(H,32,33)(H2,30,31,34)/t23-,24-. The second kappa shape index (κ2) is 11.0. The number of urea groups is 1. The molecular weight excluding hydrogens is 424 g/mol. The van der Waals surface area contributed by atoms with Gasteiger partial charge in [-0.2, -0.15) is 0 Å². The number of anilines is 2. The molecule has 176 valence electrons. The molecule has 3 N–H and O–H groups in total. The Bertz CT molecular complexity index is 1120. The number of carbonyl (C=O) groups excluding carboxylic acids is 1. The van der Waals surface area contributed by atoms with Crippen molar-refractivity contribution in [3.63, 3.8) is 0 Å². The fourth-order valence-electron chi connectivity index (χ4n) is 4.86. The van der Waals surface area contributed by atoms with E-state index >= 15 is 0 Å². The number of aryl methyl sites for hydroxylation is 2. The topological polar surface area (TPSA) is 78.4 Å². The highest BCUT2D eigenvalue weighted by Gasteiger charge is 2.25. The van der Waals surface area contributed by atoms with Crippen LogP contribution in [0.4, 0.5) is 16.2 Å². The van der Waals surface area contributed by atoms with E-state index in [2.05, 4.69) is 47.0 Å². The maximum Gasteiger partial charge on any atom is 0.323 e. The van der Waals surface area contributed by atoms with Crippen molar-refractivity contribution in [1.29, 1.82) is 0 Å². The molecule has 34 heavy (non-hydrogen) atoms. The summed E-state index contributed by atoms with van der Waals surface area (Å²) in [6.07, 6.45) is 4.85. The molecule has 4 rings (SSSR count). The predicted molar refractivity (Wildman–Crippen MR) is 137 cm³/mol. The summed E-state index contributed by atoms with van der Waals surface area (Å²) < 4.78 is 0. The number of aliphatic carboxylic acids is 1. The molecule has 5 nitrogen and oxygen atoms in total. The highest BCUT2D eigenvalue weighted by atomic mass is 16.4. The van der Waals surface area contributed by atoms with E-state index in [0.29, 0.717) is 18.3 Å². The number of carboxylic acid groups (broad SMARTS) is 1. The maximum absolute atomic E-state index is 12.8. The van der Waals surface area contributed by atoms with Gasteiger partial charge < -0.3 is 15.7 Å². The lowest BCUT2D eigenvalue weighted by Gasteiger charge is -2.30. The summed E-state index contributed by atoms with van der Waals surface area (Å²) >= 11 is 0. The normalized spacial score (nSPS) is 17.7. The van der Waals surface area contributed by atoms with E-state index in [1.807, 2.05) is 43.3 Å². The molecule has 3 aromatic rings. The van der Waals surface area contributed by atoms with Crippen LogP contribution in [0.25, 0.3) is 0 Å². The molecule has 3 aromatic carbocycles. The molecule has 0 spiro atoms. The molecule has 0 aromatic heterocycles. The SMILES string of the molecule is Cc1ccc(NC(=O)Nc2cc(CCC(=O)O)ccc2[C@H]2CC[C@H](c3ccccc3)CC2)cc1. The van der Waals surface area contributed by atoms with Crippen LogP contribution < -0.4 is 10.6 Å². The van der Waals surface area contributed by atoms with Gasteiger partial charge in [0.1, 0.15) is 0 Å². The number of nitrogens with one attached hydrogen (secondary N) is 2. The third-order valence-electron chi connectivity index (χ3n) is 6.74. The van der Waals surface area contributed by atoms with Gasteiger partial charge in [0.15, 0.2) is 0 Å². The smallest absolute Gasteiger partial charge is 0.323 e. The summed E-state index contributed by atoms with van der Waals surface area (Å²) in [6, 6.07) is 24.1. The number of carboxylic acids is 1. The van der Waals surface area contributed by atoms with Crippen LogP contribution in [-0.4, -0.2) is 17.1 Å². The minimum absolute atomic E-state index is 0.0660. The average molecular weight is 457 g/mol. The van der Waals surface area contributed by atoms with Gasteiger partial charge >= 0.3 is 12.0 Å². The van der Waals surface area contributed by atoms with Gasteiger partial charge in [-0.15, -0.1) is 0 Å². The number of amides is 2. The summed E-state index contributed by atoms with van der Waals surface area (Å²) in [5.74, 6) is 0.117. The van der Waals surface area contributed by atoms with Crippen LogP contribution in [-0.2, 0) is 11.2 Å². The fourth-order valence-corrected chi connectivity index (χ4v) is 4.86. The molecule has 2 amide bonds. The zero-order valence-corrected chi connectivity index (χ0v) is 19.6. The van der Waals surface area contributed by atoms with E-state index in [9.17, 15) is 9.59 Å². The number of hydrogen-bond acceptors (Lipinski definition) is 2. The predicted octanol–water partition coefficient (Wildman–Crippen LogP) is 7.10. The molecule has 1 saturated carbocycles. The first-order valence-electron chi connectivity index (χ1n) is 12.0. The van der Waals surface area contributed by atoms with Crippen molar-refractivity contribution >= 4 is 23.4 Å². The Kier molecular flexibility index (Phi) is 7.63. The Morgan fingerprint density at radius 2 is 1.53 bits per heavy atom. The molecule has 1 aliphatic rings. The number of hydrogen-bond donors (Lipinski definition) is 3. The van der Waals surface area contributed by atoms with Crippen LogP contribution >= 0.6 is 0 Å². The molecule has 5 heteroatoms. The van der Waals surface area contributed by atoms with Gasteiger partial charge in [-0.1, -0.05) is 60.2 Å². The minimum atomic E-state index is -0.824. The van der Waals surface area contributed by atoms with Gasteiger partial charge in [-0.25, -0.2) is 4.79 Å². The largest absolute Gasteiger partial charge is 0.481 e. The average Bonchev–Trinajstić information content (AvgIpc) is 2.85. The highest BCUT2D eigenvalue weighted by molar-refractivity contribution is 6.00. The number of carbonyl (C=O) groups is 2. The van der Waals surface area contributed by atoms with E-state index in [1.54, 1.807) is 0 Å². The van der Waals surface area contributed by atoms with Gasteiger partial charge in [-0.3, -0.25) is 4.79 Å². The van der Waals surface area contributed by atoms with Gasteiger partial charge in [0.2, 0.25) is 0 Å². The van der Waals surface area contributed by atoms with Crippen LogP contribution in [0.5, 0.6) is 0 Å². The molecule has 0 aliphatic heterocycles. The summed E-state index contributed by atoms with van der Waals surface area (Å²) in [5, 5.41) is 15.0. The van der Waals surface area contributed by atoms with Crippen molar-refractivity contribution in [3.8, 4) is 0 Å². The highest BCUT2D eigenvalue weighted by Crippen LogP contribution is 2.42. The van der Waals surface area contributed by atoms with Crippen LogP contribution in [0.3, 0.4) is 0 Å². The van der Waals surface area contributed by atoms with Gasteiger partial charge in [0.25, 0.3) is 0 Å². The van der Waals surface area contributed by atoms with E-state index < -0.39 is 5.97 Å². The maximum atomic E-state index is 12.8. The van der Waals surface area contributed by atoms with Crippen LogP contribution in [0.1, 0.15) is 66.2 Å². The Balaban J connectivity index is 1.49. The van der Waals surface area contributed by atoms with Gasteiger partial charge in [0.05, 0.1) is 0 Å². The molecule has 1 aliphatic carbocycles. The summed E-state index contributed by atoms with van der Waals surface area (Å²) in [7, 11) is 0. The molecule has 0 atom stereocenters. The monoisotopic (exact) mass is 456 g/mol. The molecular formula is C29H32N2O3. The fraction of sp³-hybridized carbons (Fsp3) is 0.310. The molecule has 0 saturated heterocycles. The third-order valence-corrected chi connectivity index (χ3v) is 6.74. The second-order valence-electron chi connectivity index (χ2n) is 9.22. The van der Waals surface area contributed by atoms with Crippen molar-refractivity contribution in [3.05, 3.63) is 95.1 Å². The van der Waals surface area contributed by atoms with Crippen molar-refractivity contribution in [2.75, 3.05) is 10.6 Å². The first-order chi connectivity index (χ1) is 16.5. The van der Waals surface area contributed by atoms with E-state index in [4.69, 9.17) is 5.11 Å². The first kappa shape index (κ1) is 23.6. The quantitative estimate of drug-likeness (QED) is 0.355. The Hall–Kier alpha value is -3.60. The van der Waals surface area contributed by atoms with Crippen molar-refractivity contribution < 1.29 is 14.7 Å². The lowest BCUT2D eigenvalue weighted by Crippen LogP contribution is -2.21. The molecule has 0 bridgehead atoms. The van der Waals surface area contributed by atoms with Crippen molar-refractivity contribution in [1.82, 2.24) is 0 Å². The lowest BCUT2D eigenvalue weighted by atomic mass is 9.75. The zero-order chi connectivity index (χ0) is 23.9. The number of rotatable bonds is 7. The molecule has 0 heterocycles. The summed E-state index contributed by atoms with van der Waals surface area (Å²) in [5.41, 5.74) is 6.08. The second-order valence-corrected chi connectivity index (χ2v) is 9.22. The minimum Gasteiger partial charge on any atom is -0.481 e. The summed E-state index contributed by atoms with van der Waals surface area (Å²) in [6.45, 7) is 2.01. The van der Waals surface area contributed by atoms with Crippen LogP contribution in [0.15, 0.2) is 72.8 Å². The van der Waals surface area contributed by atoms with E-state index in [-0.39, 0.29) is 12.5 Å². The van der Waals surface area contributed by atoms with E-state index in [0.717, 1.165) is 53.7 Å². The van der Waals surface area contributed by atoms with Crippen molar-refractivity contribution in [2.24, 2.45) is 0 Å². The van der Waals surface area contributed by atoms with Gasteiger partial charge in [-0.05, 0) is 85.8 Å². The number of benzene rings is 3. The summed E-state index contributed by atoms with van der Waals surface area (Å²) in [4.78, 5) is 23.8. The third kappa shape index (κ3) is 6.25. The Morgan fingerprint density at radius 1 is 0.853 bits per heavy atom. The Labute approximate surface area is 201 Å². The van der Waals surface area contributed by atoms with Crippen LogP contribution in [0.2, 0.25) is 0 Å².